The van der Waals surface area contributed by atoms with Crippen molar-refractivity contribution in [1.29, 1.82) is 0 Å². The van der Waals surface area contributed by atoms with Crippen molar-refractivity contribution in [3.63, 3.8) is 0 Å². The number of aromatic nitrogens is 10. The van der Waals surface area contributed by atoms with Crippen LogP contribution in [0.15, 0.2) is 290 Å². The van der Waals surface area contributed by atoms with Crippen molar-refractivity contribution >= 4 is 112 Å². The van der Waals surface area contributed by atoms with Crippen molar-refractivity contribution in [3.8, 4) is 56.3 Å². The summed E-state index contributed by atoms with van der Waals surface area (Å²) in [5, 5.41) is 14.9. The number of aryl methyl sites for hydroxylation is 5. The van der Waals surface area contributed by atoms with Gasteiger partial charge in [-0.1, -0.05) is 18.2 Å². The highest BCUT2D eigenvalue weighted by Crippen LogP contribution is 2.35. The van der Waals surface area contributed by atoms with Crippen LogP contribution in [0.4, 0.5) is 28.4 Å². The third-order valence-corrected chi connectivity index (χ3v) is 27.3. The second kappa shape index (κ2) is 38.6. The third kappa shape index (κ3) is 19.5. The summed E-state index contributed by atoms with van der Waals surface area (Å²) in [7, 11) is 4.28. The van der Waals surface area contributed by atoms with Crippen LogP contribution in [0.25, 0.3) is 139 Å². The predicted octanol–water partition coefficient (Wildman–Crippen LogP) is 16.4. The van der Waals surface area contributed by atoms with Crippen LogP contribution in [0.5, 0.6) is 0 Å². The van der Waals surface area contributed by atoms with Gasteiger partial charge in [0.15, 0.2) is 0 Å². The van der Waals surface area contributed by atoms with Gasteiger partial charge in [0.05, 0.1) is 56.3 Å². The molecule has 4 atom stereocenters. The first kappa shape index (κ1) is 91.8. The Morgan fingerprint density at radius 2 is 0.610 bits per heavy atom. The Labute approximate surface area is 811 Å². The topological polar surface area (TPSA) is 296 Å². The molecule has 25 rings (SSSR count). The number of hydrogen-bond donors (Lipinski definition) is 3. The zero-order chi connectivity index (χ0) is 97.1. The molecule has 20 heterocycles. The largest absolute Gasteiger partial charge is 0.422 e. The van der Waals surface area contributed by atoms with E-state index < -0.39 is 0 Å². The van der Waals surface area contributed by atoms with Crippen molar-refractivity contribution in [3.05, 3.63) is 324 Å². The molecule has 5 aliphatic rings. The number of piperazine rings is 5. The minimum atomic E-state index is -0.364. The maximum atomic E-state index is 12.7. The van der Waals surface area contributed by atoms with E-state index in [4.69, 9.17) is 22.1 Å². The number of imidazole rings is 5. The van der Waals surface area contributed by atoms with Crippen LogP contribution in [0.1, 0.15) is 55.8 Å². The van der Waals surface area contributed by atoms with Gasteiger partial charge >= 0.3 is 28.1 Å². The molecule has 0 amide bonds. The van der Waals surface area contributed by atoms with E-state index in [1.165, 1.54) is 0 Å². The molecule has 141 heavy (non-hydrogen) atoms. The van der Waals surface area contributed by atoms with E-state index in [9.17, 15) is 24.0 Å². The molecule has 30 nitrogen and oxygen atoms in total. The van der Waals surface area contributed by atoms with Crippen molar-refractivity contribution in [1.82, 2.24) is 72.7 Å². The molecular weight excluding hydrogens is 1770 g/mol. The zero-order valence-electron chi connectivity index (χ0n) is 80.9. The summed E-state index contributed by atoms with van der Waals surface area (Å²) >= 11 is 0. The fourth-order valence-corrected chi connectivity index (χ4v) is 19.8. The van der Waals surface area contributed by atoms with E-state index in [1.54, 1.807) is 0 Å². The first-order chi connectivity index (χ1) is 68.3. The third-order valence-electron chi connectivity index (χ3n) is 27.3. The van der Waals surface area contributed by atoms with Crippen LogP contribution in [0.2, 0.25) is 0 Å². The molecule has 716 valence electrons. The summed E-state index contributed by atoms with van der Waals surface area (Å²) in [5.41, 5.74) is 21.8. The molecule has 0 bridgehead atoms. The highest BCUT2D eigenvalue weighted by Gasteiger charge is 2.28. The van der Waals surface area contributed by atoms with Gasteiger partial charge in [-0.25, -0.2) is 48.9 Å². The molecule has 5 fully saturated rings. The molecule has 0 unspecified atom stereocenters. The summed E-state index contributed by atoms with van der Waals surface area (Å²) < 4.78 is 38.2. The van der Waals surface area contributed by atoms with Gasteiger partial charge in [0, 0.05) is 276 Å². The number of hydrogen-bond acceptors (Lipinski definition) is 25. The quantitative estimate of drug-likeness (QED) is 0.107. The zero-order valence-corrected chi connectivity index (χ0v) is 80.9. The fourth-order valence-electron chi connectivity index (χ4n) is 19.8. The second-order valence-corrected chi connectivity index (χ2v) is 38.2. The van der Waals surface area contributed by atoms with E-state index in [2.05, 4.69) is 147 Å². The highest BCUT2D eigenvalue weighted by atomic mass is 16.4. The van der Waals surface area contributed by atoms with E-state index in [0.29, 0.717) is 108 Å². The van der Waals surface area contributed by atoms with E-state index in [-0.39, 0.29) is 28.1 Å². The predicted molar refractivity (Wildman–Crippen MR) is 560 cm³/mol. The summed E-state index contributed by atoms with van der Waals surface area (Å²) in [6, 6.07) is 65.3. The van der Waals surface area contributed by atoms with Crippen molar-refractivity contribution in [2.45, 2.75) is 86.5 Å². The summed E-state index contributed by atoms with van der Waals surface area (Å²) in [6.07, 6.45) is 15.2. The number of benzene rings is 5. The van der Waals surface area contributed by atoms with Gasteiger partial charge < -0.3 is 94.3 Å². The molecule has 20 aromatic rings. The Morgan fingerprint density at radius 3 is 0.950 bits per heavy atom. The Morgan fingerprint density at radius 1 is 0.298 bits per heavy atom. The molecule has 5 aliphatic heterocycles. The Balaban J connectivity index is 0.000000104. The maximum Gasteiger partial charge on any atom is 0.345 e. The lowest BCUT2D eigenvalue weighted by atomic mass is 10.1. The van der Waals surface area contributed by atoms with Gasteiger partial charge in [0.2, 0.25) is 0 Å². The summed E-state index contributed by atoms with van der Waals surface area (Å²) in [6.45, 7) is 34.4. The first-order valence-electron chi connectivity index (χ1n) is 48.3. The van der Waals surface area contributed by atoms with Crippen molar-refractivity contribution in [2.24, 2.45) is 0 Å². The van der Waals surface area contributed by atoms with Gasteiger partial charge in [-0.15, -0.1) is 0 Å². The SMILES string of the molecule is Cc1cccc2nc(-c3cc4ccc(N5CCN(C)CC5)cc4oc3=O)cn12.Cc1cccc2nc(-c3cc4ccc(N5CCNCC5)cc4oc3=O)cn12.Cc1cccn2cc(-c3cc4ccc(N5C[C@@H](C)N[C@@H](C)C5)cc4oc3=O)nc12.Cc1ccn2cc(-c3cc4ccc(N5CCN(C)CC5)cc4oc3=O)nc2c1.Cc1ccn2cc(-c3cc4ccc(N5C[C@@H](C)N[C@@H](C)C5)cc4oc3=O)nc2c1. The van der Waals surface area contributed by atoms with Crippen LogP contribution in [-0.4, -0.2) is 200 Å². The minimum Gasteiger partial charge on any atom is -0.422 e. The molecule has 0 aliphatic carbocycles. The number of rotatable bonds is 10. The Hall–Kier alpha value is -15.6. The maximum absolute atomic E-state index is 12.7. The van der Waals surface area contributed by atoms with E-state index in [0.717, 1.165) is 216 Å². The molecule has 0 spiro atoms. The monoisotopic (exact) mass is 1880 g/mol. The number of anilines is 5. The number of nitrogens with zero attached hydrogens (tertiary/aromatic N) is 17. The lowest BCUT2D eigenvalue weighted by Crippen LogP contribution is -2.54. The molecule has 5 saturated heterocycles. The van der Waals surface area contributed by atoms with Gasteiger partial charge in [-0.05, 0) is 239 Å². The normalized spacial score (nSPS) is 17.2. The molecule has 5 aromatic carbocycles. The molecular formula is C111H112N20O10. The lowest BCUT2D eigenvalue weighted by molar-refractivity contribution is 0.313. The van der Waals surface area contributed by atoms with E-state index >= 15 is 0 Å². The number of nitrogens with one attached hydrogen (secondary N) is 3. The van der Waals surface area contributed by atoms with Crippen LogP contribution >= 0.6 is 0 Å². The van der Waals surface area contributed by atoms with Gasteiger partial charge in [-0.3, -0.25) is 0 Å². The Kier molecular flexibility index (Phi) is 25.2. The number of pyridine rings is 5. The average molecular weight is 1890 g/mol. The van der Waals surface area contributed by atoms with Crippen molar-refractivity contribution in [2.75, 3.05) is 143 Å². The molecule has 3 N–H and O–H groups in total. The first-order valence-corrected chi connectivity index (χ1v) is 48.3. The molecule has 15 aromatic heterocycles. The number of likely N-dealkylation sites (N-methyl/N-ethyl adjacent to an activating group) is 2. The lowest BCUT2D eigenvalue weighted by Gasteiger charge is -2.37. The molecule has 0 saturated carbocycles. The van der Waals surface area contributed by atoms with Gasteiger partial charge in [-0.2, -0.15) is 0 Å². The standard InChI is InChI=1S/2C23H24N4O2.2C22H22N4O2.C21H20N4O2/c1-14-6-7-26-13-20(25-22(26)8-14)19-9-17-4-5-18(10-21(17)29-23(19)28)27-11-15(2)24-16(3)12-27;1-14-5-4-8-26-13-20(25-22(14)26)19-9-17-6-7-18(10-21(17)29-23(19)28)27-11-15(2)24-16(3)12-27;1-15-5-6-26-14-19(23-21(26)11-15)18-12-16-3-4-17(13-20(16)28-22(18)27)25-9-7-24(2)8-10-25;1-15-4-3-5-21-23-19(14-26(15)21)18-12-16-6-7-17(13-20(16)28-22(18)27)25-10-8-24(2)9-11-25;1-14-3-2-4-20-23-18(13-25(14)20)17-11-15-5-6-16(12-19(15)27-21(17)26)24-9-7-22-8-10-24/h2*4-10,13,15-16,24H,11-12H2,1-3H3;3-6,11-14H,7-10H2,1-2H3;3-7,12-14H,8-11H2,1-2H3;2-6,11-13,22H,7-10H2,1H3/t2*15-,16+;;;. The average Bonchev–Trinajstić information content (AvgIpc) is 1.73. The van der Waals surface area contributed by atoms with Crippen LogP contribution in [0.3, 0.4) is 0 Å². The number of fused-ring (bicyclic) bond motifs is 10. The minimum absolute atomic E-state index is 0.357. The highest BCUT2D eigenvalue weighted by molar-refractivity contribution is 5.90. The molecule has 30 heteroatoms. The van der Waals surface area contributed by atoms with Gasteiger partial charge in [0.25, 0.3) is 0 Å². The molecule has 0 radical (unpaired) electrons. The van der Waals surface area contributed by atoms with Crippen LogP contribution < -0.4 is 68.6 Å². The van der Waals surface area contributed by atoms with Crippen molar-refractivity contribution < 1.29 is 22.1 Å². The van der Waals surface area contributed by atoms with Crippen LogP contribution in [-0.2, 0) is 0 Å². The van der Waals surface area contributed by atoms with Crippen LogP contribution in [0, 0.1) is 34.6 Å². The van der Waals surface area contributed by atoms with E-state index in [1.807, 2.05) is 270 Å². The second-order valence-electron chi connectivity index (χ2n) is 38.2. The fraction of sp³-hybridized carbons (Fsp3) is 0.279. The summed E-state index contributed by atoms with van der Waals surface area (Å²) in [4.78, 5) is 103. The van der Waals surface area contributed by atoms with Gasteiger partial charge in [0.1, 0.15) is 56.2 Å². The smallest absolute Gasteiger partial charge is 0.345 e. The Bertz CT molecular complexity index is 8470. The summed E-state index contributed by atoms with van der Waals surface area (Å²) in [5.74, 6) is 0.